The van der Waals surface area contributed by atoms with Crippen LogP contribution in [0.15, 0.2) is 18.2 Å². The fraction of sp³-hybridized carbons (Fsp3) is 0.562. The number of nitrogens with two attached hydrogens (primary N) is 1. The molecule has 0 saturated heterocycles. The third kappa shape index (κ3) is 4.36. The maximum atomic E-state index is 12.0. The number of amides is 1. The molecule has 1 amide bonds. The molecule has 5 N–H and O–H groups in total. The molecule has 0 bridgehead atoms. The maximum absolute atomic E-state index is 12.0. The summed E-state index contributed by atoms with van der Waals surface area (Å²) >= 11 is 0. The molecular weight excluding hydrogens is 266 g/mol. The molecule has 0 radical (unpaired) electrons. The Kier molecular flexibility index (Phi) is 5.44. The first-order valence-electron chi connectivity index (χ1n) is 7.69. The van der Waals surface area contributed by atoms with E-state index in [0.29, 0.717) is 23.7 Å². The number of carbonyl (C=O) groups excluding carboxylic acids is 1. The second-order valence-corrected chi connectivity index (χ2v) is 5.72. The fourth-order valence-corrected chi connectivity index (χ4v) is 2.77. The molecule has 5 heteroatoms. The standard InChI is InChI=1S/C16H25N3O2/c1-2-18-16(21)14-8-5-12(17)9-15(14)19-10-11-3-6-13(20)7-4-11/h5,8-9,11,13,19-20H,2-4,6-7,10,17H2,1H3,(H,18,21). The lowest BCUT2D eigenvalue weighted by Gasteiger charge is -2.26. The summed E-state index contributed by atoms with van der Waals surface area (Å²) in [6.07, 6.45) is 3.64. The summed E-state index contributed by atoms with van der Waals surface area (Å²) in [6.45, 7) is 3.31. The summed E-state index contributed by atoms with van der Waals surface area (Å²) in [5.41, 5.74) is 7.88. The summed E-state index contributed by atoms with van der Waals surface area (Å²) in [7, 11) is 0. The van der Waals surface area contributed by atoms with Crippen molar-refractivity contribution in [3.8, 4) is 0 Å². The SMILES string of the molecule is CCNC(=O)c1ccc(N)cc1NCC1CCC(O)CC1. The molecule has 5 nitrogen and oxygen atoms in total. The van der Waals surface area contributed by atoms with Gasteiger partial charge in [0.15, 0.2) is 0 Å². The molecule has 1 saturated carbocycles. The topological polar surface area (TPSA) is 87.4 Å². The molecule has 0 heterocycles. The molecule has 116 valence electrons. The van der Waals surface area contributed by atoms with Crippen LogP contribution < -0.4 is 16.4 Å². The molecule has 0 aromatic heterocycles. The van der Waals surface area contributed by atoms with Crippen molar-refractivity contribution < 1.29 is 9.90 Å². The number of nitrogen functional groups attached to an aromatic ring is 1. The molecule has 0 unspecified atom stereocenters. The summed E-state index contributed by atoms with van der Waals surface area (Å²) in [6, 6.07) is 5.31. The van der Waals surface area contributed by atoms with Crippen LogP contribution in [-0.4, -0.2) is 30.2 Å². The first kappa shape index (κ1) is 15.6. The molecule has 2 rings (SSSR count). The largest absolute Gasteiger partial charge is 0.399 e. The Labute approximate surface area is 125 Å². The Hall–Kier alpha value is -1.75. The summed E-state index contributed by atoms with van der Waals surface area (Å²) in [5.74, 6) is 0.455. The number of carbonyl (C=O) groups is 1. The Balaban J connectivity index is 2.01. The van der Waals surface area contributed by atoms with E-state index >= 15 is 0 Å². The van der Waals surface area contributed by atoms with Crippen molar-refractivity contribution in [1.82, 2.24) is 5.32 Å². The molecule has 0 spiro atoms. The third-order valence-corrected chi connectivity index (χ3v) is 4.02. The predicted octanol–water partition coefficient (Wildman–Crippen LogP) is 1.98. The van der Waals surface area contributed by atoms with E-state index in [-0.39, 0.29) is 12.0 Å². The Bertz CT molecular complexity index is 482. The Morgan fingerprint density at radius 2 is 2.05 bits per heavy atom. The van der Waals surface area contributed by atoms with Crippen LogP contribution in [0.1, 0.15) is 43.0 Å². The normalized spacial score (nSPS) is 21.8. The maximum Gasteiger partial charge on any atom is 0.253 e. The molecular formula is C16H25N3O2. The predicted molar refractivity (Wildman–Crippen MR) is 85.3 cm³/mol. The lowest BCUT2D eigenvalue weighted by Crippen LogP contribution is -2.26. The fourth-order valence-electron chi connectivity index (χ4n) is 2.77. The van der Waals surface area contributed by atoms with E-state index < -0.39 is 0 Å². The number of anilines is 2. The first-order chi connectivity index (χ1) is 10.1. The molecule has 1 aromatic rings. The van der Waals surface area contributed by atoms with Gasteiger partial charge in [-0.25, -0.2) is 0 Å². The molecule has 1 fully saturated rings. The average Bonchev–Trinajstić information content (AvgIpc) is 2.47. The van der Waals surface area contributed by atoms with E-state index in [2.05, 4.69) is 10.6 Å². The van der Waals surface area contributed by atoms with Crippen LogP contribution in [0.5, 0.6) is 0 Å². The van der Waals surface area contributed by atoms with Crippen molar-refractivity contribution >= 4 is 17.3 Å². The highest BCUT2D eigenvalue weighted by Gasteiger charge is 2.20. The van der Waals surface area contributed by atoms with Crippen LogP contribution in [-0.2, 0) is 0 Å². The summed E-state index contributed by atoms with van der Waals surface area (Å²) in [4.78, 5) is 12.0. The van der Waals surface area contributed by atoms with Crippen molar-refractivity contribution in [2.24, 2.45) is 5.92 Å². The zero-order valence-corrected chi connectivity index (χ0v) is 12.6. The van der Waals surface area contributed by atoms with Gasteiger partial charge in [-0.3, -0.25) is 4.79 Å². The van der Waals surface area contributed by atoms with Crippen LogP contribution in [0.3, 0.4) is 0 Å². The smallest absolute Gasteiger partial charge is 0.253 e. The van der Waals surface area contributed by atoms with Crippen LogP contribution in [0.2, 0.25) is 0 Å². The summed E-state index contributed by atoms with van der Waals surface area (Å²) < 4.78 is 0. The zero-order valence-electron chi connectivity index (χ0n) is 12.6. The number of aliphatic hydroxyl groups excluding tert-OH is 1. The van der Waals surface area contributed by atoms with E-state index in [0.717, 1.165) is 37.9 Å². The molecule has 21 heavy (non-hydrogen) atoms. The Morgan fingerprint density at radius 1 is 1.33 bits per heavy atom. The van der Waals surface area contributed by atoms with Crippen molar-refractivity contribution in [2.75, 3.05) is 24.1 Å². The molecule has 1 aliphatic carbocycles. The van der Waals surface area contributed by atoms with Crippen molar-refractivity contribution in [1.29, 1.82) is 0 Å². The molecule has 0 atom stereocenters. The molecule has 0 aliphatic heterocycles. The zero-order chi connectivity index (χ0) is 15.2. The van der Waals surface area contributed by atoms with E-state index in [1.54, 1.807) is 12.1 Å². The molecule has 1 aliphatic rings. The van der Waals surface area contributed by atoms with Gasteiger partial charge in [-0.2, -0.15) is 0 Å². The Morgan fingerprint density at radius 3 is 2.71 bits per heavy atom. The van der Waals surface area contributed by atoms with Crippen molar-refractivity contribution in [2.45, 2.75) is 38.7 Å². The van der Waals surface area contributed by atoms with Gasteiger partial charge in [0.1, 0.15) is 0 Å². The van der Waals surface area contributed by atoms with E-state index in [1.165, 1.54) is 0 Å². The highest BCUT2D eigenvalue weighted by Crippen LogP contribution is 2.26. The number of rotatable bonds is 5. The van der Waals surface area contributed by atoms with Gasteiger partial charge in [-0.1, -0.05) is 0 Å². The number of nitrogens with one attached hydrogen (secondary N) is 2. The van der Waals surface area contributed by atoms with Gasteiger partial charge in [-0.15, -0.1) is 0 Å². The van der Waals surface area contributed by atoms with Gasteiger partial charge >= 0.3 is 0 Å². The number of hydrogen-bond donors (Lipinski definition) is 4. The highest BCUT2D eigenvalue weighted by atomic mass is 16.3. The van der Waals surface area contributed by atoms with Gasteiger partial charge in [0, 0.05) is 24.5 Å². The van der Waals surface area contributed by atoms with E-state index in [1.807, 2.05) is 13.0 Å². The molecule has 1 aromatic carbocycles. The van der Waals surface area contributed by atoms with Crippen LogP contribution in [0, 0.1) is 5.92 Å². The third-order valence-electron chi connectivity index (χ3n) is 4.02. The van der Waals surface area contributed by atoms with Crippen LogP contribution in [0.4, 0.5) is 11.4 Å². The van der Waals surface area contributed by atoms with Crippen LogP contribution in [0.25, 0.3) is 0 Å². The first-order valence-corrected chi connectivity index (χ1v) is 7.69. The van der Waals surface area contributed by atoms with Gasteiger partial charge in [0.25, 0.3) is 5.91 Å². The van der Waals surface area contributed by atoms with Gasteiger partial charge in [0.05, 0.1) is 11.7 Å². The minimum absolute atomic E-state index is 0.0842. The summed E-state index contributed by atoms with van der Waals surface area (Å²) in [5, 5.41) is 15.7. The lowest BCUT2D eigenvalue weighted by atomic mass is 9.87. The monoisotopic (exact) mass is 291 g/mol. The minimum Gasteiger partial charge on any atom is -0.399 e. The second-order valence-electron chi connectivity index (χ2n) is 5.72. The average molecular weight is 291 g/mol. The second kappa shape index (κ2) is 7.31. The van der Waals surface area contributed by atoms with Crippen molar-refractivity contribution in [3.05, 3.63) is 23.8 Å². The highest BCUT2D eigenvalue weighted by molar-refractivity contribution is 6.00. The van der Waals surface area contributed by atoms with Crippen LogP contribution >= 0.6 is 0 Å². The number of aliphatic hydroxyl groups is 1. The van der Waals surface area contributed by atoms with Crippen molar-refractivity contribution in [3.63, 3.8) is 0 Å². The minimum atomic E-state index is -0.139. The number of benzene rings is 1. The lowest BCUT2D eigenvalue weighted by molar-refractivity contribution is 0.0956. The number of hydrogen-bond acceptors (Lipinski definition) is 4. The van der Waals surface area contributed by atoms with Gasteiger partial charge in [0.2, 0.25) is 0 Å². The van der Waals surface area contributed by atoms with Gasteiger partial charge < -0.3 is 21.5 Å². The van der Waals surface area contributed by atoms with E-state index in [9.17, 15) is 9.90 Å². The quantitative estimate of drug-likeness (QED) is 0.625. The van der Waals surface area contributed by atoms with Gasteiger partial charge in [-0.05, 0) is 56.7 Å². The van der Waals surface area contributed by atoms with E-state index in [4.69, 9.17) is 5.73 Å².